The van der Waals surface area contributed by atoms with Gasteiger partial charge in [0.2, 0.25) is 0 Å². The number of nitrogens with zero attached hydrogens (tertiary/aromatic N) is 2. The van der Waals surface area contributed by atoms with Gasteiger partial charge in [-0.3, -0.25) is 9.59 Å². The summed E-state index contributed by atoms with van der Waals surface area (Å²) in [5, 5.41) is 8.16. The van der Waals surface area contributed by atoms with E-state index in [1.165, 1.54) is 11.3 Å². The average Bonchev–Trinajstić information content (AvgIpc) is 3.41. The molecule has 0 aliphatic heterocycles. The number of aryl methyl sites for hydroxylation is 1. The fraction of sp³-hybridized carbons (Fsp3) is 0.0952. The molecule has 152 valence electrons. The number of carbonyl (C=O) groups excluding carboxylic acids is 2. The minimum Gasteiger partial charge on any atom is -0.463 e. The predicted octanol–water partition coefficient (Wildman–Crippen LogP) is 4.82. The second-order valence-electron chi connectivity index (χ2n) is 6.59. The molecule has 0 saturated heterocycles. The SMILES string of the molecule is Cc1sc(NC(=O)c2cc(-c3ccco3)n(-c3cccc(Cl)c3)n2)c(C(N)=O)c1C. The first-order valence-corrected chi connectivity index (χ1v) is 10.2. The van der Waals surface area contributed by atoms with Crippen molar-refractivity contribution in [1.29, 1.82) is 0 Å². The van der Waals surface area contributed by atoms with E-state index in [2.05, 4.69) is 10.4 Å². The molecule has 0 unspecified atom stereocenters. The fourth-order valence-corrected chi connectivity index (χ4v) is 4.32. The Morgan fingerprint density at radius 3 is 2.67 bits per heavy atom. The molecule has 3 aromatic heterocycles. The van der Waals surface area contributed by atoms with E-state index >= 15 is 0 Å². The Labute approximate surface area is 181 Å². The van der Waals surface area contributed by atoms with Gasteiger partial charge >= 0.3 is 0 Å². The maximum atomic E-state index is 13.0. The Balaban J connectivity index is 1.75. The van der Waals surface area contributed by atoms with E-state index in [4.69, 9.17) is 21.8 Å². The minimum atomic E-state index is -0.590. The fourth-order valence-electron chi connectivity index (χ4n) is 3.08. The molecule has 0 atom stereocenters. The Kier molecular flexibility index (Phi) is 5.19. The number of aromatic nitrogens is 2. The van der Waals surface area contributed by atoms with Crippen LogP contribution in [0.3, 0.4) is 0 Å². The summed E-state index contributed by atoms with van der Waals surface area (Å²) in [6.07, 6.45) is 1.54. The number of nitrogens with two attached hydrogens (primary N) is 1. The van der Waals surface area contributed by atoms with Gasteiger partial charge in [0, 0.05) is 16.0 Å². The monoisotopic (exact) mass is 440 g/mol. The van der Waals surface area contributed by atoms with Crippen molar-refractivity contribution in [3.63, 3.8) is 0 Å². The number of furan rings is 1. The molecule has 3 heterocycles. The third kappa shape index (κ3) is 3.62. The molecule has 30 heavy (non-hydrogen) atoms. The van der Waals surface area contributed by atoms with Crippen molar-refractivity contribution in [2.45, 2.75) is 13.8 Å². The van der Waals surface area contributed by atoms with Crippen LogP contribution in [0.2, 0.25) is 5.02 Å². The van der Waals surface area contributed by atoms with Crippen LogP contribution in [0.5, 0.6) is 0 Å². The first kappa shape index (κ1) is 19.9. The molecule has 0 spiro atoms. The van der Waals surface area contributed by atoms with Gasteiger partial charge in [0.15, 0.2) is 11.5 Å². The highest BCUT2D eigenvalue weighted by Crippen LogP contribution is 2.33. The Hall–Kier alpha value is -3.36. The van der Waals surface area contributed by atoms with E-state index in [1.807, 2.05) is 13.0 Å². The van der Waals surface area contributed by atoms with Crippen molar-refractivity contribution >= 4 is 39.8 Å². The standard InChI is InChI=1S/C21H17ClN4O3S/c1-11-12(2)30-21(18(11)19(23)27)24-20(28)15-10-16(17-7-4-8-29-17)26(25-15)14-6-3-5-13(22)9-14/h3-10H,1-2H3,(H2,23,27)(H,24,28). The van der Waals surface area contributed by atoms with Crippen LogP contribution in [-0.2, 0) is 0 Å². The maximum absolute atomic E-state index is 13.0. The van der Waals surface area contributed by atoms with Crippen LogP contribution in [0, 0.1) is 13.8 Å². The van der Waals surface area contributed by atoms with Crippen molar-refractivity contribution in [3.05, 3.63) is 75.4 Å². The number of halogens is 1. The summed E-state index contributed by atoms with van der Waals surface area (Å²) in [7, 11) is 0. The molecule has 7 nitrogen and oxygen atoms in total. The van der Waals surface area contributed by atoms with E-state index in [0.717, 1.165) is 10.4 Å². The molecular weight excluding hydrogens is 424 g/mol. The van der Waals surface area contributed by atoms with Crippen molar-refractivity contribution < 1.29 is 14.0 Å². The van der Waals surface area contributed by atoms with Crippen LogP contribution >= 0.6 is 22.9 Å². The van der Waals surface area contributed by atoms with E-state index in [0.29, 0.717) is 32.7 Å². The summed E-state index contributed by atoms with van der Waals surface area (Å²) in [5.74, 6) is -0.512. The lowest BCUT2D eigenvalue weighted by Crippen LogP contribution is -2.18. The third-order valence-electron chi connectivity index (χ3n) is 4.63. The van der Waals surface area contributed by atoms with E-state index < -0.39 is 11.8 Å². The second kappa shape index (κ2) is 7.81. The number of amides is 2. The summed E-state index contributed by atoms with van der Waals surface area (Å²) < 4.78 is 7.09. The van der Waals surface area contributed by atoms with Crippen LogP contribution in [0.4, 0.5) is 5.00 Å². The first-order chi connectivity index (χ1) is 14.3. The molecular formula is C21H17ClN4O3S. The van der Waals surface area contributed by atoms with Crippen molar-refractivity contribution in [1.82, 2.24) is 9.78 Å². The molecule has 0 bridgehead atoms. The minimum absolute atomic E-state index is 0.153. The van der Waals surface area contributed by atoms with Crippen LogP contribution in [0.15, 0.2) is 53.1 Å². The van der Waals surface area contributed by atoms with Gasteiger partial charge in [-0.05, 0) is 49.7 Å². The molecule has 4 rings (SSSR count). The average molecular weight is 441 g/mol. The largest absolute Gasteiger partial charge is 0.463 e. The summed E-state index contributed by atoms with van der Waals surface area (Å²) in [4.78, 5) is 25.7. The van der Waals surface area contributed by atoms with Crippen LogP contribution in [0.25, 0.3) is 17.1 Å². The summed E-state index contributed by atoms with van der Waals surface area (Å²) in [6.45, 7) is 3.66. The van der Waals surface area contributed by atoms with Gasteiger partial charge in [-0.2, -0.15) is 5.10 Å². The first-order valence-electron chi connectivity index (χ1n) is 8.96. The molecule has 3 N–H and O–H groups in total. The number of rotatable bonds is 5. The quantitative estimate of drug-likeness (QED) is 0.464. The lowest BCUT2D eigenvalue weighted by molar-refractivity contribution is 0.100. The molecule has 0 radical (unpaired) electrons. The van der Waals surface area contributed by atoms with E-state index in [1.54, 1.807) is 54.3 Å². The molecule has 0 aliphatic rings. The Bertz CT molecular complexity index is 1260. The molecule has 9 heteroatoms. The zero-order chi connectivity index (χ0) is 21.4. The number of carbonyl (C=O) groups is 2. The van der Waals surface area contributed by atoms with Crippen molar-refractivity contribution in [2.75, 3.05) is 5.32 Å². The predicted molar refractivity (Wildman–Crippen MR) is 117 cm³/mol. The lowest BCUT2D eigenvalue weighted by Gasteiger charge is -2.06. The van der Waals surface area contributed by atoms with E-state index in [-0.39, 0.29) is 5.69 Å². The van der Waals surface area contributed by atoms with Gasteiger partial charge in [-0.25, -0.2) is 4.68 Å². The normalized spacial score (nSPS) is 10.9. The van der Waals surface area contributed by atoms with Gasteiger partial charge in [0.05, 0.1) is 17.5 Å². The molecule has 0 fully saturated rings. The highest BCUT2D eigenvalue weighted by Gasteiger charge is 2.23. The number of benzene rings is 1. The third-order valence-corrected chi connectivity index (χ3v) is 5.98. The summed E-state index contributed by atoms with van der Waals surface area (Å²) >= 11 is 7.42. The maximum Gasteiger partial charge on any atom is 0.276 e. The van der Waals surface area contributed by atoms with Crippen LogP contribution in [0.1, 0.15) is 31.3 Å². The van der Waals surface area contributed by atoms with Gasteiger partial charge in [-0.15, -0.1) is 11.3 Å². The Morgan fingerprint density at radius 2 is 2.00 bits per heavy atom. The molecule has 0 saturated carbocycles. The number of hydrogen-bond acceptors (Lipinski definition) is 5. The summed E-state index contributed by atoms with van der Waals surface area (Å²) in [6, 6.07) is 12.2. The number of thiophene rings is 1. The van der Waals surface area contributed by atoms with Crippen molar-refractivity contribution in [3.8, 4) is 17.1 Å². The number of primary amides is 1. The zero-order valence-corrected chi connectivity index (χ0v) is 17.7. The Morgan fingerprint density at radius 1 is 1.20 bits per heavy atom. The summed E-state index contributed by atoms with van der Waals surface area (Å²) in [5.41, 5.74) is 7.97. The van der Waals surface area contributed by atoms with Gasteiger partial charge in [0.1, 0.15) is 10.7 Å². The van der Waals surface area contributed by atoms with Crippen LogP contribution < -0.4 is 11.1 Å². The second-order valence-corrected chi connectivity index (χ2v) is 8.25. The van der Waals surface area contributed by atoms with E-state index in [9.17, 15) is 9.59 Å². The molecule has 2 amide bonds. The number of anilines is 1. The molecule has 0 aliphatic carbocycles. The number of nitrogens with one attached hydrogen (secondary N) is 1. The molecule has 1 aromatic carbocycles. The zero-order valence-electron chi connectivity index (χ0n) is 16.1. The van der Waals surface area contributed by atoms with Gasteiger partial charge < -0.3 is 15.5 Å². The smallest absolute Gasteiger partial charge is 0.276 e. The number of hydrogen-bond donors (Lipinski definition) is 2. The van der Waals surface area contributed by atoms with Gasteiger partial charge in [-0.1, -0.05) is 17.7 Å². The highest BCUT2D eigenvalue weighted by atomic mass is 35.5. The highest BCUT2D eigenvalue weighted by molar-refractivity contribution is 7.16. The van der Waals surface area contributed by atoms with Gasteiger partial charge in [0.25, 0.3) is 11.8 Å². The topological polar surface area (TPSA) is 103 Å². The molecule has 4 aromatic rings. The van der Waals surface area contributed by atoms with Crippen LogP contribution in [-0.4, -0.2) is 21.6 Å². The van der Waals surface area contributed by atoms with Crippen molar-refractivity contribution in [2.24, 2.45) is 5.73 Å². The lowest BCUT2D eigenvalue weighted by atomic mass is 10.1.